The molecular weight excluding hydrogens is 550 g/mol. The summed E-state index contributed by atoms with van der Waals surface area (Å²) >= 11 is 6.27. The third-order valence-corrected chi connectivity index (χ3v) is 7.74. The smallest absolute Gasteiger partial charge is 0.475 e. The van der Waals surface area contributed by atoms with Crippen molar-refractivity contribution in [1.82, 2.24) is 9.55 Å². The number of aliphatic carboxylic acids is 1. The molecule has 4 heterocycles. The van der Waals surface area contributed by atoms with Crippen LogP contribution in [0.15, 0.2) is 16.9 Å². The van der Waals surface area contributed by atoms with E-state index in [-0.39, 0.29) is 47.3 Å². The Morgan fingerprint density at radius 3 is 2.56 bits per heavy atom. The number of alkyl halides is 3. The number of pyridine rings is 2. The van der Waals surface area contributed by atoms with E-state index in [9.17, 15) is 32.3 Å². The van der Waals surface area contributed by atoms with Crippen molar-refractivity contribution in [3.05, 3.63) is 61.1 Å². The monoisotopic (exact) mass is 569 g/mol. The van der Waals surface area contributed by atoms with Crippen LogP contribution in [-0.2, 0) is 39.5 Å². The zero-order valence-corrected chi connectivity index (χ0v) is 20.9. The maximum atomic E-state index is 14.5. The molecule has 14 heteroatoms. The number of carbonyl (C=O) groups is 2. The molecule has 0 unspecified atom stereocenters. The molecule has 2 aliphatic heterocycles. The Hall–Kier alpha value is -3.55. The van der Waals surface area contributed by atoms with Crippen molar-refractivity contribution in [1.29, 1.82) is 0 Å². The quantitative estimate of drug-likeness (QED) is 0.233. The van der Waals surface area contributed by atoms with Gasteiger partial charge in [-0.2, -0.15) is 13.2 Å². The molecule has 3 aromatic rings. The summed E-state index contributed by atoms with van der Waals surface area (Å²) in [6.45, 7) is 1.70. The molecule has 0 radical (unpaired) electrons. The minimum Gasteiger partial charge on any atom is -0.475 e. The van der Waals surface area contributed by atoms with Crippen LogP contribution in [0, 0.1) is 5.82 Å². The number of ether oxygens (including phenoxy) is 1. The lowest BCUT2D eigenvalue weighted by atomic mass is 9.83. The normalized spacial score (nSPS) is 20.9. The number of nitrogens with zero attached hydrogens (tertiary/aromatic N) is 2. The van der Waals surface area contributed by atoms with Gasteiger partial charge >= 0.3 is 18.1 Å². The van der Waals surface area contributed by atoms with Crippen molar-refractivity contribution in [3.8, 4) is 11.4 Å². The number of fused-ring (bicyclic) bond motifs is 5. The lowest BCUT2D eigenvalue weighted by Gasteiger charge is -2.31. The number of nitrogens with two attached hydrogens (primary N) is 1. The second kappa shape index (κ2) is 9.00. The van der Waals surface area contributed by atoms with Crippen LogP contribution in [0.1, 0.15) is 53.6 Å². The topological polar surface area (TPSA) is 145 Å². The predicted molar refractivity (Wildman–Crippen MR) is 128 cm³/mol. The summed E-state index contributed by atoms with van der Waals surface area (Å²) in [5.41, 5.74) is 8.44. The highest BCUT2D eigenvalue weighted by molar-refractivity contribution is 6.32. The molecule has 0 saturated heterocycles. The zero-order valence-electron chi connectivity index (χ0n) is 20.2. The van der Waals surface area contributed by atoms with Gasteiger partial charge in [-0.3, -0.25) is 4.79 Å². The van der Waals surface area contributed by atoms with Gasteiger partial charge in [0, 0.05) is 28.6 Å². The number of carboxylic acids is 1. The highest BCUT2D eigenvalue weighted by Crippen LogP contribution is 2.46. The van der Waals surface area contributed by atoms with E-state index < -0.39 is 29.5 Å². The number of hydrogen-bond acceptors (Lipinski definition) is 7. The number of carbonyl (C=O) groups excluding carboxylic acids is 1. The van der Waals surface area contributed by atoms with Crippen molar-refractivity contribution in [3.63, 3.8) is 0 Å². The van der Waals surface area contributed by atoms with Crippen molar-refractivity contribution in [2.24, 2.45) is 5.73 Å². The molecule has 6 rings (SSSR count). The standard InChI is InChI=1S/C23H19ClFN3O4.C2HF3O2/c1-2-23(31)12-5-16-20-10(7-28(16)21(29)11(12)8-32-22(23)30)17-14(26)4-3-9-18(17)15(27-20)6-13(25)19(9)24;3-2(4,5)1(6)7/h5-6,14,31H,2-4,7-8,26H2,1H3;(H,6,7)/t14-,23+;/m1./s1. The Kier molecular flexibility index (Phi) is 6.24. The average Bonchev–Trinajstić information content (AvgIpc) is 3.24. The third-order valence-electron chi connectivity index (χ3n) is 7.33. The van der Waals surface area contributed by atoms with Gasteiger partial charge in [-0.15, -0.1) is 0 Å². The summed E-state index contributed by atoms with van der Waals surface area (Å²) in [6.07, 6.45) is -3.88. The van der Waals surface area contributed by atoms with Crippen molar-refractivity contribution in [2.45, 2.75) is 57.2 Å². The molecule has 0 fully saturated rings. The Morgan fingerprint density at radius 2 is 1.95 bits per heavy atom. The molecule has 0 bridgehead atoms. The van der Waals surface area contributed by atoms with Gasteiger partial charge in [-0.05, 0) is 36.5 Å². The van der Waals surface area contributed by atoms with Crippen LogP contribution in [0.5, 0.6) is 0 Å². The fourth-order valence-electron chi connectivity index (χ4n) is 5.39. The van der Waals surface area contributed by atoms with Crippen molar-refractivity contribution < 1.29 is 42.1 Å². The first-order chi connectivity index (χ1) is 18.2. The van der Waals surface area contributed by atoms with Crippen LogP contribution < -0.4 is 11.3 Å². The van der Waals surface area contributed by atoms with Crippen LogP contribution >= 0.6 is 11.6 Å². The van der Waals surface area contributed by atoms with Gasteiger partial charge in [0.05, 0.1) is 34.0 Å². The molecule has 3 aliphatic rings. The predicted octanol–water partition coefficient (Wildman–Crippen LogP) is 3.45. The second-order valence-corrected chi connectivity index (χ2v) is 9.83. The number of rotatable bonds is 1. The molecule has 9 nitrogen and oxygen atoms in total. The van der Waals surface area contributed by atoms with E-state index >= 15 is 0 Å². The summed E-state index contributed by atoms with van der Waals surface area (Å²) in [7, 11) is 0. The van der Waals surface area contributed by atoms with Gasteiger partial charge in [0.15, 0.2) is 5.60 Å². The Labute approximate surface area is 221 Å². The maximum Gasteiger partial charge on any atom is 0.490 e. The Bertz CT molecular complexity index is 1650. The third kappa shape index (κ3) is 3.98. The molecule has 2 atom stereocenters. The van der Waals surface area contributed by atoms with Gasteiger partial charge < -0.3 is 25.3 Å². The Morgan fingerprint density at radius 1 is 1.28 bits per heavy atom. The van der Waals surface area contributed by atoms with Gasteiger partial charge in [0.25, 0.3) is 5.56 Å². The van der Waals surface area contributed by atoms with Crippen LogP contribution in [-0.4, -0.2) is 37.9 Å². The molecule has 0 saturated carbocycles. The fraction of sp³-hybridized carbons (Fsp3) is 0.360. The number of aliphatic hydroxyl groups is 1. The molecule has 1 aliphatic carbocycles. The first kappa shape index (κ1) is 27.0. The van der Waals surface area contributed by atoms with E-state index in [2.05, 4.69) is 0 Å². The summed E-state index contributed by atoms with van der Waals surface area (Å²) in [5.74, 6) is -4.08. The SMILES string of the molecule is CC[C@@]1(O)C(=O)OCc2c1cc1n(c2=O)Cc2c-1nc1cc(F)c(Cl)c3c1c2[C@H](N)CC3.O=C(O)C(F)(F)F. The number of esters is 1. The first-order valence-electron chi connectivity index (χ1n) is 11.8. The lowest BCUT2D eigenvalue weighted by molar-refractivity contribution is -0.192. The van der Waals surface area contributed by atoms with E-state index in [0.717, 1.165) is 16.5 Å². The zero-order chi connectivity index (χ0) is 28.6. The van der Waals surface area contributed by atoms with E-state index in [4.69, 9.17) is 37.0 Å². The highest BCUT2D eigenvalue weighted by atomic mass is 35.5. The maximum absolute atomic E-state index is 14.5. The molecule has 2 aromatic heterocycles. The number of hydrogen-bond donors (Lipinski definition) is 3. The fourth-order valence-corrected chi connectivity index (χ4v) is 5.63. The lowest BCUT2D eigenvalue weighted by Crippen LogP contribution is -2.44. The van der Waals surface area contributed by atoms with Crippen LogP contribution in [0.4, 0.5) is 17.6 Å². The average molecular weight is 570 g/mol. The molecule has 1 aromatic carbocycles. The number of cyclic esters (lactones) is 1. The molecule has 39 heavy (non-hydrogen) atoms. The molecule has 206 valence electrons. The summed E-state index contributed by atoms with van der Waals surface area (Å²) < 4.78 is 52.9. The molecule has 0 spiro atoms. The first-order valence-corrected chi connectivity index (χ1v) is 12.1. The summed E-state index contributed by atoms with van der Waals surface area (Å²) in [6, 6.07) is 2.63. The van der Waals surface area contributed by atoms with E-state index in [1.54, 1.807) is 17.6 Å². The van der Waals surface area contributed by atoms with Crippen molar-refractivity contribution in [2.75, 3.05) is 0 Å². The van der Waals surface area contributed by atoms with E-state index in [1.165, 1.54) is 6.07 Å². The van der Waals surface area contributed by atoms with E-state index in [0.29, 0.717) is 35.3 Å². The summed E-state index contributed by atoms with van der Waals surface area (Å²) in [4.78, 5) is 39.3. The number of carboxylic acid groups (broad SMARTS) is 1. The van der Waals surface area contributed by atoms with Crippen LogP contribution in [0.25, 0.3) is 22.3 Å². The number of benzene rings is 1. The molecular formula is C25H20ClF4N3O6. The number of halogens is 5. The summed E-state index contributed by atoms with van der Waals surface area (Å²) in [5, 5.41) is 19.0. The minimum atomic E-state index is -5.08. The van der Waals surface area contributed by atoms with Gasteiger partial charge in [0.2, 0.25) is 0 Å². The second-order valence-electron chi connectivity index (χ2n) is 9.45. The number of aromatic nitrogens is 2. The minimum absolute atomic E-state index is 0.0585. The van der Waals surface area contributed by atoms with Crippen molar-refractivity contribution >= 4 is 34.4 Å². The van der Waals surface area contributed by atoms with Gasteiger partial charge in [-0.1, -0.05) is 18.5 Å². The molecule has 0 amide bonds. The van der Waals surface area contributed by atoms with Crippen LogP contribution in [0.3, 0.4) is 0 Å². The highest BCUT2D eigenvalue weighted by Gasteiger charge is 2.46. The van der Waals surface area contributed by atoms with Gasteiger partial charge in [0.1, 0.15) is 12.4 Å². The number of aryl methyl sites for hydroxylation is 1. The van der Waals surface area contributed by atoms with Gasteiger partial charge in [-0.25, -0.2) is 19.0 Å². The van der Waals surface area contributed by atoms with E-state index in [1.807, 2.05) is 0 Å². The Balaban J connectivity index is 0.000000392. The molecule has 4 N–H and O–H groups in total. The largest absolute Gasteiger partial charge is 0.490 e. The van der Waals surface area contributed by atoms with Crippen LogP contribution in [0.2, 0.25) is 5.02 Å².